The number of rotatable bonds is 5. The molecule has 1 heterocycles. The summed E-state index contributed by atoms with van der Waals surface area (Å²) >= 11 is 0. The maximum absolute atomic E-state index is 12.2. The average molecular weight is 316 g/mol. The first-order valence-electron chi connectivity index (χ1n) is 6.80. The van der Waals surface area contributed by atoms with Crippen LogP contribution in [0.25, 0.3) is 0 Å². The van der Waals surface area contributed by atoms with Gasteiger partial charge in [-0.2, -0.15) is 0 Å². The van der Waals surface area contributed by atoms with Crippen molar-refractivity contribution in [1.29, 1.82) is 0 Å². The van der Waals surface area contributed by atoms with Gasteiger partial charge in [-0.25, -0.2) is 4.79 Å². The van der Waals surface area contributed by atoms with Crippen LogP contribution in [0.4, 0.5) is 0 Å². The summed E-state index contributed by atoms with van der Waals surface area (Å²) in [6.07, 6.45) is 0. The first-order chi connectivity index (χ1) is 10.9. The molecule has 0 aliphatic rings. The Balaban J connectivity index is 2.26. The number of hydrogen-bond donors (Lipinski definition) is 3. The number of carboxylic acids is 1. The lowest BCUT2D eigenvalue weighted by Gasteiger charge is -2.15. The average Bonchev–Trinajstić information content (AvgIpc) is 2.52. The fourth-order valence-electron chi connectivity index (χ4n) is 2.04. The number of aliphatic carboxylic acids is 1. The number of methoxy groups -OCH3 is 1. The van der Waals surface area contributed by atoms with Crippen molar-refractivity contribution in [3.05, 3.63) is 63.6 Å². The summed E-state index contributed by atoms with van der Waals surface area (Å²) in [6.45, 7) is 1.68. The van der Waals surface area contributed by atoms with E-state index in [1.807, 2.05) is 0 Å². The van der Waals surface area contributed by atoms with E-state index in [0.717, 1.165) is 0 Å². The van der Waals surface area contributed by atoms with Gasteiger partial charge in [0.1, 0.15) is 11.3 Å². The summed E-state index contributed by atoms with van der Waals surface area (Å²) in [5.41, 5.74) is 0.267. The van der Waals surface area contributed by atoms with E-state index in [2.05, 4.69) is 10.3 Å². The van der Waals surface area contributed by atoms with Crippen LogP contribution in [0.1, 0.15) is 27.7 Å². The second-order valence-electron chi connectivity index (χ2n) is 4.90. The van der Waals surface area contributed by atoms with E-state index < -0.39 is 23.5 Å². The molecular weight excluding hydrogens is 300 g/mol. The van der Waals surface area contributed by atoms with Gasteiger partial charge < -0.3 is 20.1 Å². The zero-order valence-corrected chi connectivity index (χ0v) is 12.6. The van der Waals surface area contributed by atoms with Gasteiger partial charge in [0, 0.05) is 5.69 Å². The fourth-order valence-corrected chi connectivity index (χ4v) is 2.04. The van der Waals surface area contributed by atoms with Gasteiger partial charge in [-0.3, -0.25) is 9.59 Å². The van der Waals surface area contributed by atoms with E-state index in [9.17, 15) is 19.5 Å². The Kier molecular flexibility index (Phi) is 4.80. The normalized spacial score (nSPS) is 11.6. The number of amides is 1. The highest BCUT2D eigenvalue weighted by molar-refractivity contribution is 5.96. The summed E-state index contributed by atoms with van der Waals surface area (Å²) in [4.78, 5) is 37.9. The van der Waals surface area contributed by atoms with Gasteiger partial charge in [-0.05, 0) is 36.8 Å². The second kappa shape index (κ2) is 6.78. The molecule has 0 saturated heterocycles. The monoisotopic (exact) mass is 316 g/mol. The predicted octanol–water partition coefficient (Wildman–Crippen LogP) is 1.25. The zero-order chi connectivity index (χ0) is 17.0. The number of ether oxygens (including phenoxy) is 1. The molecule has 1 atom stereocenters. The van der Waals surface area contributed by atoms with Crippen LogP contribution in [0.3, 0.4) is 0 Å². The summed E-state index contributed by atoms with van der Waals surface area (Å²) in [5, 5.41) is 11.7. The number of benzene rings is 1. The van der Waals surface area contributed by atoms with Crippen LogP contribution in [-0.2, 0) is 4.79 Å². The van der Waals surface area contributed by atoms with E-state index in [4.69, 9.17) is 4.74 Å². The molecule has 7 heteroatoms. The molecule has 2 rings (SSSR count). The maximum atomic E-state index is 12.2. The molecular formula is C16H16N2O5. The Labute approximate surface area is 131 Å². The van der Waals surface area contributed by atoms with Crippen molar-refractivity contribution < 1.29 is 19.4 Å². The number of aromatic nitrogens is 1. The Hall–Kier alpha value is -3.09. The third kappa shape index (κ3) is 3.76. The molecule has 0 spiro atoms. The molecule has 23 heavy (non-hydrogen) atoms. The highest BCUT2D eigenvalue weighted by Crippen LogP contribution is 2.18. The minimum atomic E-state index is -1.27. The van der Waals surface area contributed by atoms with Gasteiger partial charge in [0.25, 0.3) is 11.5 Å². The van der Waals surface area contributed by atoms with Gasteiger partial charge in [0.15, 0.2) is 6.04 Å². The Morgan fingerprint density at radius 1 is 1.17 bits per heavy atom. The molecule has 0 aliphatic carbocycles. The summed E-state index contributed by atoms with van der Waals surface area (Å²) in [6, 6.07) is 7.92. The number of carbonyl (C=O) groups excluding carboxylic acids is 1. The van der Waals surface area contributed by atoms with Crippen molar-refractivity contribution in [3.63, 3.8) is 0 Å². The van der Waals surface area contributed by atoms with E-state index in [1.54, 1.807) is 25.1 Å². The Morgan fingerprint density at radius 2 is 1.83 bits per heavy atom. The van der Waals surface area contributed by atoms with Crippen LogP contribution in [0.5, 0.6) is 5.75 Å². The molecule has 3 N–H and O–H groups in total. The van der Waals surface area contributed by atoms with Crippen LogP contribution >= 0.6 is 0 Å². The standard InChI is InChI=1S/C16H16N2O5/c1-9-3-8-12(14(19)17-9)15(20)18-13(16(21)22)10-4-6-11(23-2)7-5-10/h3-8,13H,1-2H3,(H,17,19)(H,18,20)(H,21,22). The first kappa shape index (κ1) is 16.3. The van der Waals surface area contributed by atoms with Gasteiger partial charge >= 0.3 is 5.97 Å². The number of hydrogen-bond acceptors (Lipinski definition) is 4. The number of carboxylic acid groups (broad SMARTS) is 1. The Morgan fingerprint density at radius 3 is 2.35 bits per heavy atom. The fraction of sp³-hybridized carbons (Fsp3) is 0.188. The molecule has 0 radical (unpaired) electrons. The van der Waals surface area contributed by atoms with E-state index in [-0.39, 0.29) is 5.56 Å². The number of pyridine rings is 1. The number of H-pyrrole nitrogens is 1. The SMILES string of the molecule is COc1ccc(C(NC(=O)c2ccc(C)[nH]c2=O)C(=O)O)cc1. The maximum Gasteiger partial charge on any atom is 0.330 e. The molecule has 7 nitrogen and oxygen atoms in total. The van der Waals surface area contributed by atoms with Crippen LogP contribution in [0.15, 0.2) is 41.2 Å². The summed E-state index contributed by atoms with van der Waals surface area (Å²) in [7, 11) is 1.50. The summed E-state index contributed by atoms with van der Waals surface area (Å²) in [5.74, 6) is -1.42. The number of nitrogens with one attached hydrogen (secondary N) is 2. The van der Waals surface area contributed by atoms with Crippen LogP contribution in [-0.4, -0.2) is 29.1 Å². The molecule has 0 aliphatic heterocycles. The minimum absolute atomic E-state index is 0.143. The van der Waals surface area contributed by atoms with E-state index in [1.165, 1.54) is 25.3 Å². The molecule has 0 saturated carbocycles. The topological polar surface area (TPSA) is 108 Å². The first-order valence-corrected chi connectivity index (χ1v) is 6.80. The number of aromatic amines is 1. The minimum Gasteiger partial charge on any atom is -0.497 e. The van der Waals surface area contributed by atoms with E-state index >= 15 is 0 Å². The predicted molar refractivity (Wildman–Crippen MR) is 82.6 cm³/mol. The molecule has 2 aromatic rings. The van der Waals surface area contributed by atoms with Gasteiger partial charge in [-0.15, -0.1) is 0 Å². The van der Waals surface area contributed by atoms with Crippen molar-refractivity contribution in [1.82, 2.24) is 10.3 Å². The van der Waals surface area contributed by atoms with Gasteiger partial charge in [0.05, 0.1) is 7.11 Å². The zero-order valence-electron chi connectivity index (χ0n) is 12.6. The highest BCUT2D eigenvalue weighted by Gasteiger charge is 2.23. The van der Waals surface area contributed by atoms with Crippen molar-refractivity contribution in [2.75, 3.05) is 7.11 Å². The third-order valence-electron chi connectivity index (χ3n) is 3.27. The van der Waals surface area contributed by atoms with E-state index in [0.29, 0.717) is 17.0 Å². The van der Waals surface area contributed by atoms with Crippen LogP contribution in [0, 0.1) is 6.92 Å². The van der Waals surface area contributed by atoms with Crippen molar-refractivity contribution >= 4 is 11.9 Å². The lowest BCUT2D eigenvalue weighted by molar-refractivity contribution is -0.139. The highest BCUT2D eigenvalue weighted by atomic mass is 16.5. The largest absolute Gasteiger partial charge is 0.497 e. The van der Waals surface area contributed by atoms with Gasteiger partial charge in [0.2, 0.25) is 0 Å². The quantitative estimate of drug-likeness (QED) is 0.769. The number of carbonyl (C=O) groups is 2. The molecule has 1 aromatic heterocycles. The summed E-state index contributed by atoms with van der Waals surface area (Å²) < 4.78 is 5.01. The van der Waals surface area contributed by atoms with Crippen molar-refractivity contribution in [2.45, 2.75) is 13.0 Å². The lowest BCUT2D eigenvalue weighted by Crippen LogP contribution is -2.36. The van der Waals surface area contributed by atoms with Gasteiger partial charge in [-0.1, -0.05) is 12.1 Å². The van der Waals surface area contributed by atoms with Crippen molar-refractivity contribution in [3.8, 4) is 5.75 Å². The molecule has 1 unspecified atom stereocenters. The smallest absolute Gasteiger partial charge is 0.330 e. The van der Waals surface area contributed by atoms with Crippen molar-refractivity contribution in [2.24, 2.45) is 0 Å². The molecule has 0 bridgehead atoms. The third-order valence-corrected chi connectivity index (χ3v) is 3.27. The molecule has 0 fully saturated rings. The second-order valence-corrected chi connectivity index (χ2v) is 4.90. The Bertz CT molecular complexity index is 780. The van der Waals surface area contributed by atoms with Crippen LogP contribution < -0.4 is 15.6 Å². The lowest BCUT2D eigenvalue weighted by atomic mass is 10.1. The molecule has 1 amide bonds. The molecule has 1 aromatic carbocycles. The molecule has 120 valence electrons. The van der Waals surface area contributed by atoms with Crippen LogP contribution in [0.2, 0.25) is 0 Å². The number of aryl methyl sites for hydroxylation is 1.